The average molecular weight is 538 g/mol. The zero-order valence-electron chi connectivity index (χ0n) is 23.7. The second kappa shape index (κ2) is 11.5. The van der Waals surface area contributed by atoms with E-state index in [2.05, 4.69) is 21.7 Å². The molecule has 2 aromatic carbocycles. The minimum atomic E-state index is -1.19. The number of anilines is 1. The molecule has 0 bridgehead atoms. The molecular formula is C33H39N5O2. The number of fused-ring (bicyclic) bond motifs is 1. The van der Waals surface area contributed by atoms with Gasteiger partial charge in [0, 0.05) is 67.2 Å². The third kappa shape index (κ3) is 5.60. The van der Waals surface area contributed by atoms with Crippen molar-refractivity contribution < 1.29 is 9.59 Å². The highest BCUT2D eigenvalue weighted by Gasteiger charge is 2.40. The van der Waals surface area contributed by atoms with Crippen LogP contribution in [0.2, 0.25) is 0 Å². The lowest BCUT2D eigenvalue weighted by Gasteiger charge is -2.38. The number of rotatable bonds is 9. The number of aromatic amines is 1. The molecule has 0 spiro atoms. The number of benzene rings is 2. The van der Waals surface area contributed by atoms with Crippen molar-refractivity contribution in [2.24, 2.45) is 0 Å². The van der Waals surface area contributed by atoms with Gasteiger partial charge in [0.1, 0.15) is 5.54 Å². The van der Waals surface area contributed by atoms with Gasteiger partial charge in [0.25, 0.3) is 5.91 Å². The maximum atomic E-state index is 14.2. The van der Waals surface area contributed by atoms with Gasteiger partial charge < -0.3 is 20.5 Å². The number of amides is 2. The molecule has 208 valence electrons. The molecule has 0 radical (unpaired) electrons. The number of hydrogen-bond donors (Lipinski definition) is 3. The molecule has 4 aromatic rings. The fourth-order valence-electron chi connectivity index (χ4n) is 6.09. The van der Waals surface area contributed by atoms with Crippen LogP contribution in [0, 0.1) is 0 Å². The van der Waals surface area contributed by atoms with Gasteiger partial charge in [0.2, 0.25) is 5.91 Å². The van der Waals surface area contributed by atoms with E-state index >= 15 is 0 Å². The zero-order chi connectivity index (χ0) is 28.2. The summed E-state index contributed by atoms with van der Waals surface area (Å²) in [5.74, 6) is -0.478. The van der Waals surface area contributed by atoms with Crippen LogP contribution < -0.4 is 15.5 Å². The smallest absolute Gasteiger partial charge is 0.254 e. The highest BCUT2D eigenvalue weighted by molar-refractivity contribution is 6.03. The molecule has 2 heterocycles. The number of hydrogen-bond acceptors (Lipinski definition) is 4. The summed E-state index contributed by atoms with van der Waals surface area (Å²) in [6.45, 7) is 2.31. The Morgan fingerprint density at radius 1 is 0.975 bits per heavy atom. The Morgan fingerprint density at radius 2 is 1.70 bits per heavy atom. The van der Waals surface area contributed by atoms with Gasteiger partial charge in [-0.2, -0.15) is 0 Å². The quantitative estimate of drug-likeness (QED) is 0.267. The minimum Gasteiger partial charge on any atom is -0.377 e. The summed E-state index contributed by atoms with van der Waals surface area (Å²) in [7, 11) is 3.82. The molecule has 7 nitrogen and oxygen atoms in total. The molecular weight excluding hydrogens is 498 g/mol. The summed E-state index contributed by atoms with van der Waals surface area (Å²) >= 11 is 0. The summed E-state index contributed by atoms with van der Waals surface area (Å²) in [5, 5.41) is 7.46. The van der Waals surface area contributed by atoms with Crippen LogP contribution in [0.3, 0.4) is 0 Å². The topological polar surface area (TPSA) is 90.1 Å². The summed E-state index contributed by atoms with van der Waals surface area (Å²) in [6, 6.07) is 21.5. The van der Waals surface area contributed by atoms with Crippen LogP contribution in [0.15, 0.2) is 79.1 Å². The van der Waals surface area contributed by atoms with Gasteiger partial charge in [-0.25, -0.2) is 0 Å². The molecule has 1 aliphatic rings. The Balaban J connectivity index is 1.45. The Hall–Kier alpha value is -4.13. The fraction of sp³-hybridized carbons (Fsp3) is 0.364. The lowest BCUT2D eigenvalue weighted by molar-refractivity contribution is -0.127. The fourth-order valence-corrected chi connectivity index (χ4v) is 6.09. The molecule has 0 unspecified atom stereocenters. The maximum Gasteiger partial charge on any atom is 0.254 e. The van der Waals surface area contributed by atoms with Crippen molar-refractivity contribution in [3.05, 3.63) is 95.9 Å². The predicted molar refractivity (Wildman–Crippen MR) is 161 cm³/mol. The van der Waals surface area contributed by atoms with E-state index in [1.54, 1.807) is 6.07 Å². The highest BCUT2D eigenvalue weighted by Crippen LogP contribution is 2.38. The molecule has 0 saturated heterocycles. The molecule has 7 heteroatoms. The number of H-pyrrole nitrogens is 1. The number of nitrogens with zero attached hydrogens (tertiary/aromatic N) is 2. The Morgan fingerprint density at radius 3 is 2.45 bits per heavy atom. The van der Waals surface area contributed by atoms with Gasteiger partial charge in [-0.3, -0.25) is 14.6 Å². The largest absolute Gasteiger partial charge is 0.377 e. The molecule has 1 saturated carbocycles. The third-order valence-corrected chi connectivity index (χ3v) is 8.35. The molecule has 0 aliphatic heterocycles. The second-order valence-corrected chi connectivity index (χ2v) is 11.5. The highest BCUT2D eigenvalue weighted by atomic mass is 16.2. The van der Waals surface area contributed by atoms with Gasteiger partial charge in [-0.05, 0) is 55.7 Å². The first-order chi connectivity index (χ1) is 19.3. The van der Waals surface area contributed by atoms with Gasteiger partial charge in [0.15, 0.2) is 0 Å². The summed E-state index contributed by atoms with van der Waals surface area (Å²) in [4.78, 5) is 37.8. The van der Waals surface area contributed by atoms with Crippen molar-refractivity contribution in [3.8, 4) is 0 Å². The monoisotopic (exact) mass is 537 g/mol. The lowest BCUT2D eigenvalue weighted by Crippen LogP contribution is -2.60. The Labute approximate surface area is 236 Å². The molecule has 2 aromatic heterocycles. The SMILES string of the molecule is CN(C)c1ccccc1C(=O)N[C@@](C)(Cc1c[nH]c2ccccc12)C(=O)NCC1(c2ccccn2)CCCCC1. The second-order valence-electron chi connectivity index (χ2n) is 11.5. The van der Waals surface area contributed by atoms with Gasteiger partial charge in [-0.15, -0.1) is 0 Å². The first-order valence-corrected chi connectivity index (χ1v) is 14.2. The van der Waals surface area contributed by atoms with Crippen molar-refractivity contribution in [1.29, 1.82) is 0 Å². The molecule has 5 rings (SSSR count). The van der Waals surface area contributed by atoms with E-state index < -0.39 is 5.54 Å². The van der Waals surface area contributed by atoms with E-state index in [1.807, 2.05) is 92.9 Å². The van der Waals surface area contributed by atoms with Crippen LogP contribution in [0.4, 0.5) is 5.69 Å². The first kappa shape index (κ1) is 27.4. The average Bonchev–Trinajstić information content (AvgIpc) is 3.39. The molecule has 1 fully saturated rings. The summed E-state index contributed by atoms with van der Waals surface area (Å²) in [5.41, 5.74) is 2.93. The lowest BCUT2D eigenvalue weighted by atomic mass is 9.71. The Bertz CT molecular complexity index is 1470. The van der Waals surface area contributed by atoms with E-state index in [1.165, 1.54) is 6.42 Å². The Kier molecular flexibility index (Phi) is 7.92. The number of carbonyl (C=O) groups excluding carboxylic acids is 2. The standard InChI is InChI=1S/C33H39N5O2/c1-32(21-24-22-35-27-15-7-5-13-25(24)27,37-30(39)26-14-6-8-16-28(26)38(2)3)31(40)36-23-33(18-10-4-11-19-33)29-17-9-12-20-34-29/h5-9,12-17,20,22,35H,4,10-11,18-19,21,23H2,1-3H3,(H,36,40)(H,37,39)/t32-/m0/s1. The predicted octanol–water partition coefficient (Wildman–Crippen LogP) is 5.38. The van der Waals surface area contributed by atoms with Crippen molar-refractivity contribution in [3.63, 3.8) is 0 Å². The van der Waals surface area contributed by atoms with Crippen molar-refractivity contribution in [2.45, 2.75) is 56.4 Å². The van der Waals surface area contributed by atoms with Gasteiger partial charge in [0.05, 0.1) is 5.56 Å². The van der Waals surface area contributed by atoms with Crippen LogP contribution in [0.25, 0.3) is 10.9 Å². The molecule has 1 atom stereocenters. The van der Waals surface area contributed by atoms with Gasteiger partial charge >= 0.3 is 0 Å². The van der Waals surface area contributed by atoms with Gasteiger partial charge in [-0.1, -0.05) is 55.7 Å². The normalized spacial score (nSPS) is 16.2. The van der Waals surface area contributed by atoms with Crippen LogP contribution >= 0.6 is 0 Å². The summed E-state index contributed by atoms with van der Waals surface area (Å²) in [6.07, 6.45) is 9.48. The zero-order valence-corrected chi connectivity index (χ0v) is 23.7. The minimum absolute atomic E-state index is 0.200. The first-order valence-electron chi connectivity index (χ1n) is 14.2. The molecule has 40 heavy (non-hydrogen) atoms. The van der Waals surface area contributed by atoms with Crippen molar-refractivity contribution in [1.82, 2.24) is 20.6 Å². The molecule has 2 amide bonds. The van der Waals surface area contributed by atoms with Crippen LogP contribution in [0.1, 0.15) is 60.6 Å². The van der Waals surface area contributed by atoms with E-state index in [0.717, 1.165) is 53.5 Å². The van der Waals surface area contributed by atoms with E-state index in [4.69, 9.17) is 4.98 Å². The number of para-hydroxylation sites is 2. The van der Waals surface area contributed by atoms with E-state index in [0.29, 0.717) is 18.5 Å². The number of nitrogens with one attached hydrogen (secondary N) is 3. The van der Waals surface area contributed by atoms with Crippen molar-refractivity contribution in [2.75, 3.05) is 25.5 Å². The molecule has 1 aliphatic carbocycles. The van der Waals surface area contributed by atoms with E-state index in [-0.39, 0.29) is 17.2 Å². The van der Waals surface area contributed by atoms with E-state index in [9.17, 15) is 9.59 Å². The number of pyridine rings is 1. The molecule has 3 N–H and O–H groups in total. The van der Waals surface area contributed by atoms with Crippen LogP contribution in [-0.2, 0) is 16.6 Å². The van der Waals surface area contributed by atoms with Crippen LogP contribution in [0.5, 0.6) is 0 Å². The van der Waals surface area contributed by atoms with Crippen molar-refractivity contribution >= 4 is 28.4 Å². The number of aromatic nitrogens is 2. The van der Waals surface area contributed by atoms with Crippen LogP contribution in [-0.4, -0.2) is 48.0 Å². The third-order valence-electron chi connectivity index (χ3n) is 8.35. The maximum absolute atomic E-state index is 14.2. The summed E-state index contributed by atoms with van der Waals surface area (Å²) < 4.78 is 0. The number of carbonyl (C=O) groups is 2.